The Hall–Kier alpha value is -3.36. The number of rotatable bonds is 4. The fraction of sp³-hybridized carbons (Fsp3) is 0.286. The molecule has 0 N–H and O–H groups in total. The third-order valence-corrected chi connectivity index (χ3v) is 5.18. The van der Waals surface area contributed by atoms with Gasteiger partial charge < -0.3 is 9.64 Å². The summed E-state index contributed by atoms with van der Waals surface area (Å²) in [5.74, 6) is 0.366. The molecule has 1 unspecified atom stereocenters. The van der Waals surface area contributed by atoms with Crippen molar-refractivity contribution in [2.24, 2.45) is 0 Å². The van der Waals surface area contributed by atoms with Crippen LogP contribution in [0.1, 0.15) is 40.5 Å². The van der Waals surface area contributed by atoms with Gasteiger partial charge >= 0.3 is 6.18 Å². The molecule has 1 fully saturated rings. The van der Waals surface area contributed by atoms with Crippen molar-refractivity contribution in [3.05, 3.63) is 71.5 Å². The highest BCUT2D eigenvalue weighted by atomic mass is 19.4. The number of likely N-dealkylation sites (tertiary alicyclic amines) is 1. The molecule has 1 atom stereocenters. The molecule has 0 bridgehead atoms. The molecule has 0 spiro atoms. The number of carbonyl (C=O) groups excluding carboxylic acids is 1. The van der Waals surface area contributed by atoms with Crippen LogP contribution < -0.4 is 4.74 Å². The van der Waals surface area contributed by atoms with Gasteiger partial charge in [-0.1, -0.05) is 29.5 Å². The molecule has 0 aliphatic carbocycles. The van der Waals surface area contributed by atoms with E-state index >= 15 is 0 Å². The van der Waals surface area contributed by atoms with Crippen LogP contribution >= 0.6 is 0 Å². The van der Waals surface area contributed by atoms with E-state index in [4.69, 9.17) is 4.74 Å². The number of nitrogens with zero attached hydrogens (tertiary/aromatic N) is 4. The van der Waals surface area contributed by atoms with Crippen LogP contribution in [-0.4, -0.2) is 39.5 Å². The van der Waals surface area contributed by atoms with E-state index in [-0.39, 0.29) is 23.3 Å². The predicted octanol–water partition coefficient (Wildman–Crippen LogP) is 4.27. The second-order valence-corrected chi connectivity index (χ2v) is 6.99. The summed E-state index contributed by atoms with van der Waals surface area (Å²) in [5, 5.41) is 7.63. The van der Waals surface area contributed by atoms with Crippen LogP contribution in [0.25, 0.3) is 5.69 Å². The van der Waals surface area contributed by atoms with E-state index in [0.717, 1.165) is 34.9 Å². The average molecular weight is 416 g/mol. The molecule has 156 valence electrons. The van der Waals surface area contributed by atoms with Gasteiger partial charge in [0.1, 0.15) is 5.75 Å². The van der Waals surface area contributed by atoms with Gasteiger partial charge in [0.25, 0.3) is 5.91 Å². The summed E-state index contributed by atoms with van der Waals surface area (Å²) in [4.78, 5) is 14.7. The molecule has 1 amide bonds. The molecule has 1 aliphatic heterocycles. The molecular weight excluding hydrogens is 397 g/mol. The fourth-order valence-corrected chi connectivity index (χ4v) is 3.72. The Morgan fingerprint density at radius 2 is 1.87 bits per heavy atom. The molecule has 2 heterocycles. The fourth-order valence-electron chi connectivity index (χ4n) is 3.72. The minimum Gasteiger partial charge on any atom is -0.497 e. The summed E-state index contributed by atoms with van der Waals surface area (Å²) in [6, 6.07) is 12.4. The Morgan fingerprint density at radius 1 is 1.13 bits per heavy atom. The van der Waals surface area contributed by atoms with Crippen molar-refractivity contribution >= 4 is 5.91 Å². The number of amides is 1. The number of ether oxygens (including phenoxy) is 1. The SMILES string of the molecule is COc1ccc(C2CCCN2C(=O)c2cn(-c3ccccc3C(F)(F)F)nn2)cc1. The van der Waals surface area contributed by atoms with Crippen molar-refractivity contribution in [1.82, 2.24) is 19.9 Å². The van der Waals surface area contributed by atoms with Crippen LogP contribution in [-0.2, 0) is 6.18 Å². The van der Waals surface area contributed by atoms with Gasteiger partial charge in [0.15, 0.2) is 5.69 Å². The maximum absolute atomic E-state index is 13.3. The third kappa shape index (κ3) is 3.74. The van der Waals surface area contributed by atoms with E-state index in [1.165, 1.54) is 24.4 Å². The zero-order chi connectivity index (χ0) is 21.3. The van der Waals surface area contributed by atoms with Crippen molar-refractivity contribution in [1.29, 1.82) is 0 Å². The largest absolute Gasteiger partial charge is 0.497 e. The number of aromatic nitrogens is 3. The maximum atomic E-state index is 13.3. The summed E-state index contributed by atoms with van der Waals surface area (Å²) in [5.41, 5.74) is -0.0419. The Balaban J connectivity index is 1.60. The first-order valence-corrected chi connectivity index (χ1v) is 9.42. The van der Waals surface area contributed by atoms with Gasteiger partial charge in [-0.15, -0.1) is 5.10 Å². The van der Waals surface area contributed by atoms with Gasteiger partial charge in [-0.2, -0.15) is 13.2 Å². The minimum absolute atomic E-state index is 0.00684. The van der Waals surface area contributed by atoms with E-state index < -0.39 is 11.7 Å². The number of alkyl halides is 3. The van der Waals surface area contributed by atoms with Crippen molar-refractivity contribution in [3.8, 4) is 11.4 Å². The second-order valence-electron chi connectivity index (χ2n) is 6.99. The summed E-state index contributed by atoms with van der Waals surface area (Å²) in [6.07, 6.45) is -1.67. The molecule has 30 heavy (non-hydrogen) atoms. The van der Waals surface area contributed by atoms with Crippen LogP contribution in [0.5, 0.6) is 5.75 Å². The van der Waals surface area contributed by atoms with Crippen molar-refractivity contribution in [3.63, 3.8) is 0 Å². The lowest BCUT2D eigenvalue weighted by atomic mass is 10.0. The van der Waals surface area contributed by atoms with E-state index in [2.05, 4.69) is 10.3 Å². The number of hydrogen-bond donors (Lipinski definition) is 0. The van der Waals surface area contributed by atoms with Gasteiger partial charge in [0.2, 0.25) is 0 Å². The summed E-state index contributed by atoms with van der Waals surface area (Å²) in [7, 11) is 1.58. The Labute approximate surface area is 170 Å². The van der Waals surface area contributed by atoms with Crippen LogP contribution in [0, 0.1) is 0 Å². The molecule has 9 heteroatoms. The standard InChI is InChI=1S/C21H19F3N4O2/c1-30-15-10-8-14(9-11-15)18-7-4-12-27(18)20(29)17-13-28(26-25-17)19-6-3-2-5-16(19)21(22,23)24/h2-3,5-6,8-11,13,18H,4,7,12H2,1H3. The van der Waals surface area contributed by atoms with Crippen LogP contribution in [0.4, 0.5) is 13.2 Å². The monoisotopic (exact) mass is 416 g/mol. The normalized spacial score (nSPS) is 16.7. The van der Waals surface area contributed by atoms with Gasteiger partial charge in [-0.3, -0.25) is 4.79 Å². The minimum atomic E-state index is -4.54. The first kappa shape index (κ1) is 19.9. The average Bonchev–Trinajstić information content (AvgIpc) is 3.43. The van der Waals surface area contributed by atoms with Gasteiger partial charge in [-0.05, 0) is 42.7 Å². The molecule has 0 saturated carbocycles. The van der Waals surface area contributed by atoms with Crippen LogP contribution in [0.15, 0.2) is 54.7 Å². The molecule has 4 rings (SSSR count). The predicted molar refractivity (Wildman–Crippen MR) is 102 cm³/mol. The summed E-state index contributed by atoms with van der Waals surface area (Å²) >= 11 is 0. The lowest BCUT2D eigenvalue weighted by Gasteiger charge is -2.24. The lowest BCUT2D eigenvalue weighted by molar-refractivity contribution is -0.137. The molecule has 3 aromatic rings. The smallest absolute Gasteiger partial charge is 0.418 e. The third-order valence-electron chi connectivity index (χ3n) is 5.18. The van der Waals surface area contributed by atoms with Crippen molar-refractivity contribution in [2.45, 2.75) is 25.1 Å². The van der Waals surface area contributed by atoms with Crippen LogP contribution in [0.3, 0.4) is 0 Å². The topological polar surface area (TPSA) is 60.2 Å². The molecule has 2 aromatic carbocycles. The van der Waals surface area contributed by atoms with Crippen LogP contribution in [0.2, 0.25) is 0 Å². The van der Waals surface area contributed by atoms with E-state index in [0.29, 0.717) is 6.54 Å². The number of hydrogen-bond acceptors (Lipinski definition) is 4. The molecule has 6 nitrogen and oxygen atoms in total. The highest BCUT2D eigenvalue weighted by Crippen LogP contribution is 2.35. The molecule has 1 aromatic heterocycles. The number of methoxy groups -OCH3 is 1. The van der Waals surface area contributed by atoms with Crippen molar-refractivity contribution < 1.29 is 22.7 Å². The van der Waals surface area contributed by atoms with Gasteiger partial charge in [0, 0.05) is 6.54 Å². The molecule has 0 radical (unpaired) electrons. The van der Waals surface area contributed by atoms with Gasteiger partial charge in [-0.25, -0.2) is 4.68 Å². The zero-order valence-corrected chi connectivity index (χ0v) is 16.1. The first-order chi connectivity index (χ1) is 14.4. The quantitative estimate of drug-likeness (QED) is 0.637. The number of halogens is 3. The van der Waals surface area contributed by atoms with Gasteiger partial charge in [0.05, 0.1) is 30.6 Å². The highest BCUT2D eigenvalue weighted by molar-refractivity contribution is 5.92. The molecule has 1 saturated heterocycles. The number of benzene rings is 2. The lowest BCUT2D eigenvalue weighted by Crippen LogP contribution is -2.30. The first-order valence-electron chi connectivity index (χ1n) is 9.42. The highest BCUT2D eigenvalue weighted by Gasteiger charge is 2.35. The van der Waals surface area contributed by atoms with E-state index in [1.54, 1.807) is 12.0 Å². The summed E-state index contributed by atoms with van der Waals surface area (Å²) < 4.78 is 46.0. The number of carbonyl (C=O) groups is 1. The summed E-state index contributed by atoms with van der Waals surface area (Å²) in [6.45, 7) is 0.543. The van der Waals surface area contributed by atoms with E-state index in [1.807, 2.05) is 24.3 Å². The Morgan fingerprint density at radius 3 is 2.57 bits per heavy atom. The Bertz CT molecular complexity index is 1050. The second kappa shape index (κ2) is 7.81. The Kier molecular flexibility index (Phi) is 5.19. The van der Waals surface area contributed by atoms with Crippen molar-refractivity contribution in [2.75, 3.05) is 13.7 Å². The zero-order valence-electron chi connectivity index (χ0n) is 16.1. The number of para-hydroxylation sites is 1. The molecular formula is C21H19F3N4O2. The van der Waals surface area contributed by atoms with E-state index in [9.17, 15) is 18.0 Å². The molecule has 1 aliphatic rings. The maximum Gasteiger partial charge on any atom is 0.418 e.